The number of hydrogen-bond acceptors (Lipinski definition) is 3. The molecule has 1 aromatic carbocycles. The van der Waals surface area contributed by atoms with Gasteiger partial charge in [-0.25, -0.2) is 0 Å². The quantitative estimate of drug-likeness (QED) is 0.663. The third kappa shape index (κ3) is 4.88. The summed E-state index contributed by atoms with van der Waals surface area (Å²) in [6, 6.07) is 4.52. The van der Waals surface area contributed by atoms with Gasteiger partial charge in [-0.1, -0.05) is 42.6 Å². The summed E-state index contributed by atoms with van der Waals surface area (Å²) >= 11 is 13.4. The maximum Gasteiger partial charge on any atom is 0.285 e. The Labute approximate surface area is 163 Å². The summed E-state index contributed by atoms with van der Waals surface area (Å²) in [7, 11) is -3.94. The molecule has 0 saturated carbocycles. The number of halogens is 2. The van der Waals surface area contributed by atoms with Crippen molar-refractivity contribution in [3.63, 3.8) is 0 Å². The number of hydrogen-bond donors (Lipinski definition) is 0. The molecular weight excluding hydrogens is 399 g/mol. The molecule has 0 atom stereocenters. The minimum Gasteiger partial charge on any atom is -0.298 e. The second-order valence-electron chi connectivity index (χ2n) is 6.77. The van der Waals surface area contributed by atoms with E-state index in [1.54, 1.807) is 12.1 Å². The third-order valence-electron chi connectivity index (χ3n) is 3.59. The third-order valence-corrected chi connectivity index (χ3v) is 7.33. The zero-order valence-corrected chi connectivity index (χ0v) is 17.9. The van der Waals surface area contributed by atoms with Gasteiger partial charge in [0.05, 0.1) is 10.0 Å². The van der Waals surface area contributed by atoms with Crippen molar-refractivity contribution in [1.82, 2.24) is 3.96 Å². The van der Waals surface area contributed by atoms with Crippen molar-refractivity contribution in [3.8, 4) is 0 Å². The lowest BCUT2D eigenvalue weighted by Gasteiger charge is -2.19. The highest BCUT2D eigenvalue weighted by Crippen LogP contribution is 2.30. The molecule has 2 aromatic rings. The number of sulfonamides is 1. The smallest absolute Gasteiger partial charge is 0.285 e. The average molecular weight is 421 g/mol. The Morgan fingerprint density at radius 2 is 1.92 bits per heavy atom. The van der Waals surface area contributed by atoms with E-state index < -0.39 is 10.0 Å². The Kier molecular flexibility index (Phi) is 6.41. The van der Waals surface area contributed by atoms with E-state index in [1.165, 1.54) is 17.6 Å². The lowest BCUT2D eigenvalue weighted by Crippen LogP contribution is -2.18. The second-order valence-corrected chi connectivity index (χ2v) is 10.1. The largest absolute Gasteiger partial charge is 0.298 e. The first-order chi connectivity index (χ1) is 11.6. The molecule has 1 aromatic heterocycles. The molecule has 0 unspecified atom stereocenters. The summed E-state index contributed by atoms with van der Waals surface area (Å²) in [5.41, 5.74) is 0.792. The van der Waals surface area contributed by atoms with Gasteiger partial charge in [-0.15, -0.1) is 4.40 Å². The normalized spacial score (nSPS) is 13.4. The van der Waals surface area contributed by atoms with E-state index in [0.29, 0.717) is 4.67 Å². The molecule has 2 rings (SSSR count). The van der Waals surface area contributed by atoms with Crippen LogP contribution in [0, 0.1) is 0 Å². The molecule has 0 fully saturated rings. The van der Waals surface area contributed by atoms with Gasteiger partial charge < -0.3 is 0 Å². The fraction of sp³-hybridized carbons (Fsp3) is 0.471. The Hall–Kier alpha value is -0.820. The average Bonchev–Trinajstić information content (AvgIpc) is 2.90. The molecule has 0 aliphatic rings. The maximum absolute atomic E-state index is 12.7. The van der Waals surface area contributed by atoms with Crippen molar-refractivity contribution in [1.29, 1.82) is 0 Å². The van der Waals surface area contributed by atoms with Crippen LogP contribution in [-0.2, 0) is 22.0 Å². The maximum atomic E-state index is 12.7. The highest BCUT2D eigenvalue weighted by atomic mass is 35.5. The standard InChI is InChI=1S/C17H22Cl2N2O2S2/c1-5-6-8-12-11-21(17(2,3)4)24-16(12)20-25(22,23)14-10-7-9-13(18)15(14)19/h7,9-11H,5-6,8H2,1-4H3. The lowest BCUT2D eigenvalue weighted by atomic mass is 10.1. The SMILES string of the molecule is CCCCc1cn(C(C)(C)C)sc1=NS(=O)(=O)c1cccc(Cl)c1Cl. The van der Waals surface area contributed by atoms with Crippen LogP contribution in [0.2, 0.25) is 10.0 Å². The summed E-state index contributed by atoms with van der Waals surface area (Å²) in [6.45, 7) is 8.31. The van der Waals surface area contributed by atoms with Crippen LogP contribution >= 0.6 is 34.7 Å². The van der Waals surface area contributed by atoms with Gasteiger partial charge in [0.25, 0.3) is 10.0 Å². The predicted octanol–water partition coefficient (Wildman–Crippen LogP) is 5.24. The van der Waals surface area contributed by atoms with Crippen molar-refractivity contribution in [2.75, 3.05) is 0 Å². The van der Waals surface area contributed by atoms with Gasteiger partial charge in [0, 0.05) is 17.3 Å². The molecule has 0 saturated heterocycles. The van der Waals surface area contributed by atoms with Gasteiger partial charge in [0.1, 0.15) is 4.90 Å². The van der Waals surface area contributed by atoms with Crippen molar-refractivity contribution >= 4 is 44.8 Å². The van der Waals surface area contributed by atoms with E-state index in [4.69, 9.17) is 23.2 Å². The minimum absolute atomic E-state index is 0.00304. The summed E-state index contributed by atoms with van der Waals surface area (Å²) < 4.78 is 32.1. The van der Waals surface area contributed by atoms with Crippen molar-refractivity contribution in [2.45, 2.75) is 57.4 Å². The van der Waals surface area contributed by atoms with Gasteiger partial charge in [-0.2, -0.15) is 8.42 Å². The topological polar surface area (TPSA) is 51.4 Å². The summed E-state index contributed by atoms with van der Waals surface area (Å²) in [5, 5.41) is 0.198. The number of aromatic nitrogens is 1. The molecule has 138 valence electrons. The van der Waals surface area contributed by atoms with Crippen LogP contribution in [0.4, 0.5) is 0 Å². The molecular formula is C17H22Cl2N2O2S2. The van der Waals surface area contributed by atoms with E-state index in [0.717, 1.165) is 24.8 Å². The van der Waals surface area contributed by atoms with E-state index in [2.05, 4.69) is 32.1 Å². The Morgan fingerprint density at radius 3 is 2.52 bits per heavy atom. The van der Waals surface area contributed by atoms with Gasteiger partial charge in [-0.05, 0) is 57.3 Å². The number of nitrogens with zero attached hydrogens (tertiary/aromatic N) is 2. The number of unbranched alkanes of at least 4 members (excludes halogenated alkanes) is 1. The van der Waals surface area contributed by atoms with Crippen molar-refractivity contribution < 1.29 is 8.42 Å². The molecule has 8 heteroatoms. The van der Waals surface area contributed by atoms with E-state index in [9.17, 15) is 8.42 Å². The first-order valence-corrected chi connectivity index (χ1v) is 11.0. The number of benzene rings is 1. The minimum atomic E-state index is -3.94. The molecule has 0 spiro atoms. The monoisotopic (exact) mass is 420 g/mol. The van der Waals surface area contributed by atoms with Crippen LogP contribution in [0.5, 0.6) is 0 Å². The molecule has 25 heavy (non-hydrogen) atoms. The first kappa shape index (κ1) is 20.5. The van der Waals surface area contributed by atoms with Gasteiger partial charge in [0.15, 0.2) is 4.67 Å². The van der Waals surface area contributed by atoms with Gasteiger partial charge >= 0.3 is 0 Å². The van der Waals surface area contributed by atoms with Crippen LogP contribution in [0.1, 0.15) is 46.1 Å². The van der Waals surface area contributed by atoms with Crippen LogP contribution in [0.3, 0.4) is 0 Å². The zero-order valence-electron chi connectivity index (χ0n) is 14.7. The molecule has 1 heterocycles. The van der Waals surface area contributed by atoms with Gasteiger partial charge in [0.2, 0.25) is 0 Å². The Balaban J connectivity index is 2.62. The number of rotatable bonds is 5. The van der Waals surface area contributed by atoms with E-state index in [1.807, 2.05) is 10.2 Å². The van der Waals surface area contributed by atoms with Crippen molar-refractivity contribution in [2.24, 2.45) is 4.40 Å². The molecule has 0 bridgehead atoms. The summed E-state index contributed by atoms with van der Waals surface area (Å²) in [4.78, 5) is -0.0705. The zero-order chi connectivity index (χ0) is 18.8. The first-order valence-electron chi connectivity index (χ1n) is 8.03. The molecule has 0 radical (unpaired) electrons. The fourth-order valence-corrected chi connectivity index (χ4v) is 5.17. The van der Waals surface area contributed by atoms with Gasteiger partial charge in [-0.3, -0.25) is 3.96 Å². The Bertz CT molecular complexity index is 923. The predicted molar refractivity (Wildman–Crippen MR) is 105 cm³/mol. The fourth-order valence-electron chi connectivity index (χ4n) is 2.16. The number of aryl methyl sites for hydroxylation is 1. The van der Waals surface area contributed by atoms with Crippen LogP contribution < -0.4 is 4.67 Å². The lowest BCUT2D eigenvalue weighted by molar-refractivity contribution is 0.427. The molecule has 0 aliphatic carbocycles. The highest BCUT2D eigenvalue weighted by Gasteiger charge is 2.21. The van der Waals surface area contributed by atoms with Crippen LogP contribution in [0.15, 0.2) is 33.7 Å². The molecule has 0 aliphatic heterocycles. The summed E-state index contributed by atoms with van der Waals surface area (Å²) in [6.07, 6.45) is 4.78. The molecule has 0 amide bonds. The highest BCUT2D eigenvalue weighted by molar-refractivity contribution is 7.90. The molecule has 4 nitrogen and oxygen atoms in total. The molecule has 0 N–H and O–H groups in total. The second kappa shape index (κ2) is 7.82. The Morgan fingerprint density at radius 1 is 1.24 bits per heavy atom. The van der Waals surface area contributed by atoms with Crippen molar-refractivity contribution in [3.05, 3.63) is 44.7 Å². The van der Waals surface area contributed by atoms with E-state index >= 15 is 0 Å². The van der Waals surface area contributed by atoms with Crippen LogP contribution in [-0.4, -0.2) is 12.4 Å². The van der Waals surface area contributed by atoms with Crippen LogP contribution in [0.25, 0.3) is 0 Å². The summed E-state index contributed by atoms with van der Waals surface area (Å²) in [5.74, 6) is 0. The van der Waals surface area contributed by atoms with E-state index in [-0.39, 0.29) is 20.5 Å².